The van der Waals surface area contributed by atoms with Crippen LogP contribution in [0.2, 0.25) is 0 Å². The molecule has 1 atom stereocenters. The molecule has 0 bridgehead atoms. The molecule has 9 heteroatoms. The van der Waals surface area contributed by atoms with E-state index in [0.29, 0.717) is 10.7 Å². The molecule has 1 aromatic carbocycles. The first-order valence-electron chi connectivity index (χ1n) is 7.35. The summed E-state index contributed by atoms with van der Waals surface area (Å²) >= 11 is 1.18. The number of carbonyl (C=O) groups excluding carboxylic acids is 2. The van der Waals surface area contributed by atoms with Crippen molar-refractivity contribution >= 4 is 34.9 Å². The lowest BCUT2D eigenvalue weighted by Gasteiger charge is -2.05. The number of aryl methyl sites for hydroxylation is 1. The fourth-order valence-corrected chi connectivity index (χ4v) is 2.86. The number of thiazole rings is 1. The van der Waals surface area contributed by atoms with Gasteiger partial charge in [-0.15, -0.1) is 11.3 Å². The first kappa shape index (κ1) is 19.0. The number of carbonyl (C=O) groups is 2. The number of esters is 1. The van der Waals surface area contributed by atoms with E-state index in [1.54, 1.807) is 18.4 Å². The molecule has 0 saturated carbocycles. The lowest BCUT2D eigenvalue weighted by atomic mass is 10.1. The minimum absolute atomic E-state index is 0.156. The lowest BCUT2D eigenvalue weighted by molar-refractivity contribution is -0.385. The van der Waals surface area contributed by atoms with E-state index in [1.807, 2.05) is 6.07 Å². The van der Waals surface area contributed by atoms with Crippen LogP contribution in [0.1, 0.15) is 22.2 Å². The zero-order chi connectivity index (χ0) is 19.1. The number of hydrogen-bond donors (Lipinski definition) is 0. The van der Waals surface area contributed by atoms with E-state index in [9.17, 15) is 19.7 Å². The van der Waals surface area contributed by atoms with Crippen molar-refractivity contribution in [2.75, 3.05) is 6.61 Å². The number of ether oxygens (including phenoxy) is 1. The van der Waals surface area contributed by atoms with Crippen LogP contribution >= 0.6 is 11.3 Å². The van der Waals surface area contributed by atoms with Gasteiger partial charge in [0.15, 0.2) is 18.3 Å². The number of Topliss-reactive ketones (excluding diaryl/α,β-unsaturated/α-hetero) is 1. The van der Waals surface area contributed by atoms with E-state index in [2.05, 4.69) is 4.98 Å². The second kappa shape index (κ2) is 8.64. The van der Waals surface area contributed by atoms with E-state index >= 15 is 0 Å². The minimum atomic E-state index is -1.10. The fraction of sp³-hybridized carbons (Fsp3) is 0.176. The Hall–Kier alpha value is -3.38. The van der Waals surface area contributed by atoms with Gasteiger partial charge in [-0.05, 0) is 19.1 Å². The van der Waals surface area contributed by atoms with Crippen molar-refractivity contribution in [1.82, 2.24) is 4.98 Å². The van der Waals surface area contributed by atoms with E-state index < -0.39 is 29.2 Å². The molecule has 0 aliphatic heterocycles. The second-order valence-electron chi connectivity index (χ2n) is 5.11. The molecule has 8 nitrogen and oxygen atoms in total. The number of hydrogen-bond acceptors (Lipinski definition) is 8. The Bertz CT molecular complexity index is 913. The van der Waals surface area contributed by atoms with Gasteiger partial charge in [0.25, 0.3) is 5.69 Å². The van der Waals surface area contributed by atoms with Crippen molar-refractivity contribution in [3.8, 4) is 6.07 Å². The molecule has 2 rings (SSSR count). The van der Waals surface area contributed by atoms with Gasteiger partial charge in [-0.1, -0.05) is 12.1 Å². The molecule has 132 valence electrons. The highest BCUT2D eigenvalue weighted by molar-refractivity contribution is 7.09. The monoisotopic (exact) mass is 371 g/mol. The van der Waals surface area contributed by atoms with Crippen molar-refractivity contribution < 1.29 is 19.2 Å². The summed E-state index contributed by atoms with van der Waals surface area (Å²) in [7, 11) is 0. The molecule has 0 spiro atoms. The number of aromatic nitrogens is 1. The third-order valence-corrected chi connectivity index (χ3v) is 4.25. The number of ketones is 1. The third-order valence-electron chi connectivity index (χ3n) is 3.22. The standard InChI is InChI=1S/C17H13N3O5S/c1-11-10-26-17(19-11)13(8-18)15(21)9-25-16(22)7-6-12-4-2-3-5-14(12)20(23)24/h2-7,10,13H,9H2,1H3. The highest BCUT2D eigenvalue weighted by Crippen LogP contribution is 2.21. The maximum atomic E-state index is 12.1. The summed E-state index contributed by atoms with van der Waals surface area (Å²) in [6, 6.07) is 7.73. The van der Waals surface area contributed by atoms with Crippen LogP contribution in [0.5, 0.6) is 0 Å². The molecule has 0 saturated heterocycles. The highest BCUT2D eigenvalue weighted by Gasteiger charge is 2.24. The van der Waals surface area contributed by atoms with Gasteiger partial charge in [0.05, 0.1) is 16.6 Å². The average Bonchev–Trinajstić information content (AvgIpc) is 3.05. The molecule has 0 aliphatic carbocycles. The van der Waals surface area contributed by atoms with Gasteiger partial charge in [-0.3, -0.25) is 14.9 Å². The van der Waals surface area contributed by atoms with Crippen molar-refractivity contribution in [2.24, 2.45) is 0 Å². The van der Waals surface area contributed by atoms with Crippen molar-refractivity contribution in [1.29, 1.82) is 5.26 Å². The summed E-state index contributed by atoms with van der Waals surface area (Å²) in [4.78, 5) is 38.2. The zero-order valence-electron chi connectivity index (χ0n) is 13.6. The molecule has 0 fully saturated rings. The molecule has 1 heterocycles. The van der Waals surface area contributed by atoms with E-state index in [4.69, 9.17) is 10.00 Å². The van der Waals surface area contributed by atoms with Crippen LogP contribution in [0.25, 0.3) is 6.08 Å². The van der Waals surface area contributed by atoms with Crippen LogP contribution in [0.4, 0.5) is 5.69 Å². The summed E-state index contributed by atoms with van der Waals surface area (Å²) in [5.74, 6) is -2.53. The molecule has 1 aromatic heterocycles. The number of nitro benzene ring substituents is 1. The Morgan fingerprint density at radius 3 is 2.81 bits per heavy atom. The highest BCUT2D eigenvalue weighted by atomic mass is 32.1. The maximum absolute atomic E-state index is 12.1. The number of nitro groups is 1. The van der Waals surface area contributed by atoms with Gasteiger partial charge in [-0.2, -0.15) is 5.26 Å². The molecule has 0 amide bonds. The number of nitrogens with zero attached hydrogens (tertiary/aromatic N) is 3. The van der Waals surface area contributed by atoms with Crippen LogP contribution in [0, 0.1) is 28.4 Å². The molecular weight excluding hydrogens is 358 g/mol. The zero-order valence-corrected chi connectivity index (χ0v) is 14.4. The fourth-order valence-electron chi connectivity index (χ4n) is 2.00. The number of benzene rings is 1. The quantitative estimate of drug-likeness (QED) is 0.317. The SMILES string of the molecule is Cc1csc(C(C#N)C(=O)COC(=O)C=Cc2ccccc2[N+](=O)[O-])n1. The molecule has 1 unspecified atom stereocenters. The van der Waals surface area contributed by atoms with Gasteiger partial charge < -0.3 is 4.74 Å². The first-order chi connectivity index (χ1) is 12.4. The molecule has 0 aliphatic rings. The normalized spacial score (nSPS) is 11.7. The summed E-state index contributed by atoms with van der Waals surface area (Å²) in [5.41, 5.74) is 0.771. The number of nitriles is 1. The van der Waals surface area contributed by atoms with Crippen molar-refractivity contribution in [2.45, 2.75) is 12.8 Å². The smallest absolute Gasteiger partial charge is 0.331 e. The summed E-state index contributed by atoms with van der Waals surface area (Å²) in [6.45, 7) is 1.16. The van der Waals surface area contributed by atoms with Crippen molar-refractivity contribution in [3.63, 3.8) is 0 Å². The predicted octanol–water partition coefficient (Wildman–Crippen LogP) is 2.79. The topological polar surface area (TPSA) is 123 Å². The molecular formula is C17H13N3O5S. The largest absolute Gasteiger partial charge is 0.454 e. The van der Waals surface area contributed by atoms with Crippen LogP contribution < -0.4 is 0 Å². The Morgan fingerprint density at radius 2 is 2.19 bits per heavy atom. The van der Waals surface area contributed by atoms with Crippen LogP contribution in [-0.2, 0) is 14.3 Å². The summed E-state index contributed by atoms with van der Waals surface area (Å²) in [5, 5.41) is 22.1. The molecule has 2 aromatic rings. The first-order valence-corrected chi connectivity index (χ1v) is 8.23. The van der Waals surface area contributed by atoms with Gasteiger partial charge in [-0.25, -0.2) is 9.78 Å². The van der Waals surface area contributed by atoms with Gasteiger partial charge in [0, 0.05) is 23.2 Å². The summed E-state index contributed by atoms with van der Waals surface area (Å²) < 4.78 is 4.82. The number of rotatable bonds is 7. The minimum Gasteiger partial charge on any atom is -0.454 e. The molecule has 0 N–H and O–H groups in total. The Kier molecular flexibility index (Phi) is 6.30. The number of para-hydroxylation sites is 1. The average molecular weight is 371 g/mol. The molecule has 0 radical (unpaired) electrons. The molecule has 26 heavy (non-hydrogen) atoms. The predicted molar refractivity (Wildman–Crippen MR) is 93.3 cm³/mol. The van der Waals surface area contributed by atoms with Crippen LogP contribution in [0.15, 0.2) is 35.7 Å². The second-order valence-corrected chi connectivity index (χ2v) is 6.00. The maximum Gasteiger partial charge on any atom is 0.331 e. The third kappa shape index (κ3) is 4.81. The van der Waals surface area contributed by atoms with Crippen molar-refractivity contribution in [3.05, 3.63) is 62.1 Å². The van der Waals surface area contributed by atoms with E-state index in [-0.39, 0.29) is 11.3 Å². The lowest BCUT2D eigenvalue weighted by Crippen LogP contribution is -2.19. The van der Waals surface area contributed by atoms with Crippen LogP contribution in [-0.4, -0.2) is 28.3 Å². The van der Waals surface area contributed by atoms with Gasteiger partial charge in [0.2, 0.25) is 0 Å². The van der Waals surface area contributed by atoms with Crippen LogP contribution in [0.3, 0.4) is 0 Å². The Labute approximate surface area is 152 Å². The van der Waals surface area contributed by atoms with Gasteiger partial charge in [0.1, 0.15) is 5.01 Å². The van der Waals surface area contributed by atoms with E-state index in [0.717, 1.165) is 6.08 Å². The van der Waals surface area contributed by atoms with Gasteiger partial charge >= 0.3 is 5.97 Å². The van der Waals surface area contributed by atoms with E-state index in [1.165, 1.54) is 35.6 Å². The summed E-state index contributed by atoms with van der Waals surface area (Å²) in [6.07, 6.45) is 2.22. The Balaban J connectivity index is 1.97. The Morgan fingerprint density at radius 1 is 1.46 bits per heavy atom.